The van der Waals surface area contributed by atoms with Crippen LogP contribution in [-0.2, 0) is 0 Å². The lowest BCUT2D eigenvalue weighted by atomic mass is 10.1. The van der Waals surface area contributed by atoms with Gasteiger partial charge in [-0.2, -0.15) is 0 Å². The lowest BCUT2D eigenvalue weighted by Crippen LogP contribution is -2.05. The highest BCUT2D eigenvalue weighted by Gasteiger charge is 2.13. The molecule has 0 saturated carbocycles. The number of hydrogen-bond donors (Lipinski definition) is 1. The molecule has 0 fully saturated rings. The van der Waals surface area contributed by atoms with Gasteiger partial charge in [0.2, 0.25) is 0 Å². The van der Waals surface area contributed by atoms with Gasteiger partial charge in [-0.05, 0) is 43.2 Å². The highest BCUT2D eigenvalue weighted by molar-refractivity contribution is 5.76. The second-order valence-electron chi connectivity index (χ2n) is 6.32. The van der Waals surface area contributed by atoms with Crippen molar-refractivity contribution in [2.45, 2.75) is 46.0 Å². The van der Waals surface area contributed by atoms with Crippen LogP contribution in [0.4, 0.5) is 5.82 Å². The van der Waals surface area contributed by atoms with Crippen molar-refractivity contribution in [3.05, 3.63) is 48.4 Å². The number of aromatic nitrogens is 3. The minimum atomic E-state index is 0.976. The third-order valence-corrected chi connectivity index (χ3v) is 4.31. The molecule has 4 heteroatoms. The summed E-state index contributed by atoms with van der Waals surface area (Å²) in [5.74, 6) is 1.08. The number of aryl methyl sites for hydroxylation is 1. The summed E-state index contributed by atoms with van der Waals surface area (Å²) in [5, 5.41) is 3.61. The van der Waals surface area contributed by atoms with Crippen molar-refractivity contribution >= 4 is 11.5 Å². The number of nitrogens with one attached hydrogen (secondary N) is 1. The zero-order valence-corrected chi connectivity index (χ0v) is 14.6. The maximum atomic E-state index is 4.84. The van der Waals surface area contributed by atoms with Crippen LogP contribution in [0.15, 0.2) is 42.9 Å². The van der Waals surface area contributed by atoms with Crippen LogP contribution >= 0.6 is 0 Å². The molecule has 24 heavy (non-hydrogen) atoms. The first-order valence-corrected chi connectivity index (χ1v) is 8.92. The van der Waals surface area contributed by atoms with Gasteiger partial charge in [0.05, 0.1) is 0 Å². The quantitative estimate of drug-likeness (QED) is 0.588. The summed E-state index contributed by atoms with van der Waals surface area (Å²) < 4.78 is 2.15. The van der Waals surface area contributed by atoms with Gasteiger partial charge < -0.3 is 5.32 Å². The molecule has 0 amide bonds. The fourth-order valence-electron chi connectivity index (χ4n) is 2.96. The molecule has 4 nitrogen and oxygen atoms in total. The predicted octanol–water partition coefficient (Wildman–Crippen LogP) is 5.09. The molecule has 3 rings (SSSR count). The summed E-state index contributed by atoms with van der Waals surface area (Å²) in [6.07, 6.45) is 12.1. The molecular weight excluding hydrogens is 296 g/mol. The fraction of sp³-hybridized carbons (Fsp3) is 0.400. The van der Waals surface area contributed by atoms with Crippen LogP contribution in [0.1, 0.15) is 44.6 Å². The Morgan fingerprint density at radius 1 is 1.04 bits per heavy atom. The SMILES string of the molecule is CCCCCCCNc1c(-c2ccncc2)nc2cc(C)ccn12. The van der Waals surface area contributed by atoms with Crippen LogP contribution in [0.25, 0.3) is 16.9 Å². The molecule has 0 aromatic carbocycles. The van der Waals surface area contributed by atoms with Crippen molar-refractivity contribution in [1.29, 1.82) is 0 Å². The average molecular weight is 322 g/mol. The Morgan fingerprint density at radius 3 is 2.62 bits per heavy atom. The lowest BCUT2D eigenvalue weighted by Gasteiger charge is -2.09. The van der Waals surface area contributed by atoms with Crippen LogP contribution in [0.3, 0.4) is 0 Å². The van der Waals surface area contributed by atoms with Crippen molar-refractivity contribution < 1.29 is 0 Å². The van der Waals surface area contributed by atoms with Gasteiger partial charge in [-0.3, -0.25) is 9.38 Å². The third kappa shape index (κ3) is 3.75. The van der Waals surface area contributed by atoms with Crippen molar-refractivity contribution in [2.75, 3.05) is 11.9 Å². The molecule has 0 aliphatic heterocycles. The van der Waals surface area contributed by atoms with Crippen LogP contribution in [0, 0.1) is 6.92 Å². The molecule has 0 atom stereocenters. The topological polar surface area (TPSA) is 42.2 Å². The molecular formula is C20H26N4. The van der Waals surface area contributed by atoms with E-state index in [1.165, 1.54) is 37.7 Å². The van der Waals surface area contributed by atoms with E-state index in [1.54, 1.807) is 0 Å². The minimum absolute atomic E-state index is 0.976. The van der Waals surface area contributed by atoms with Crippen molar-refractivity contribution in [1.82, 2.24) is 14.4 Å². The first kappa shape index (κ1) is 16.5. The maximum Gasteiger partial charge on any atom is 0.139 e. The van der Waals surface area contributed by atoms with Gasteiger partial charge in [0.25, 0.3) is 0 Å². The number of fused-ring (bicyclic) bond motifs is 1. The van der Waals surface area contributed by atoms with Crippen LogP contribution in [-0.4, -0.2) is 20.9 Å². The Balaban J connectivity index is 1.84. The number of nitrogens with zero attached hydrogens (tertiary/aromatic N) is 3. The highest BCUT2D eigenvalue weighted by Crippen LogP contribution is 2.28. The van der Waals surface area contributed by atoms with Gasteiger partial charge in [0.15, 0.2) is 0 Å². The van der Waals surface area contributed by atoms with Gasteiger partial charge in [-0.1, -0.05) is 32.6 Å². The van der Waals surface area contributed by atoms with E-state index in [0.717, 1.165) is 29.3 Å². The maximum absolute atomic E-state index is 4.84. The molecule has 3 aromatic rings. The molecule has 1 N–H and O–H groups in total. The zero-order valence-electron chi connectivity index (χ0n) is 14.6. The van der Waals surface area contributed by atoms with Crippen LogP contribution in [0.2, 0.25) is 0 Å². The fourth-order valence-corrected chi connectivity index (χ4v) is 2.96. The minimum Gasteiger partial charge on any atom is -0.369 e. The Kier molecular flexibility index (Phi) is 5.47. The monoisotopic (exact) mass is 322 g/mol. The third-order valence-electron chi connectivity index (χ3n) is 4.31. The van der Waals surface area contributed by atoms with E-state index in [2.05, 4.69) is 46.9 Å². The molecule has 0 saturated heterocycles. The van der Waals surface area contributed by atoms with Gasteiger partial charge >= 0.3 is 0 Å². The van der Waals surface area contributed by atoms with Gasteiger partial charge in [-0.15, -0.1) is 0 Å². The molecule has 0 aliphatic carbocycles. The van der Waals surface area contributed by atoms with E-state index in [9.17, 15) is 0 Å². The van der Waals surface area contributed by atoms with Gasteiger partial charge in [-0.25, -0.2) is 4.98 Å². The first-order chi connectivity index (χ1) is 11.8. The average Bonchev–Trinajstić information content (AvgIpc) is 2.96. The molecule has 3 aromatic heterocycles. The number of hydrogen-bond acceptors (Lipinski definition) is 3. The number of rotatable bonds is 8. The summed E-state index contributed by atoms with van der Waals surface area (Å²) >= 11 is 0. The van der Waals surface area contributed by atoms with E-state index in [4.69, 9.17) is 4.98 Å². The van der Waals surface area contributed by atoms with Gasteiger partial charge in [0.1, 0.15) is 17.2 Å². The van der Waals surface area contributed by atoms with Crippen molar-refractivity contribution in [3.63, 3.8) is 0 Å². The normalized spacial score (nSPS) is 11.1. The second kappa shape index (κ2) is 7.95. The predicted molar refractivity (Wildman–Crippen MR) is 100 cm³/mol. The lowest BCUT2D eigenvalue weighted by molar-refractivity contribution is 0.644. The first-order valence-electron chi connectivity index (χ1n) is 8.92. The van der Waals surface area contributed by atoms with Gasteiger partial charge in [0, 0.05) is 30.7 Å². The Hall–Kier alpha value is -2.36. The zero-order chi connectivity index (χ0) is 16.8. The molecule has 0 spiro atoms. The molecule has 0 radical (unpaired) electrons. The molecule has 3 heterocycles. The molecule has 0 bridgehead atoms. The summed E-state index contributed by atoms with van der Waals surface area (Å²) in [6, 6.07) is 8.27. The summed E-state index contributed by atoms with van der Waals surface area (Å²) in [7, 11) is 0. The summed E-state index contributed by atoms with van der Waals surface area (Å²) in [4.78, 5) is 8.96. The number of unbranched alkanes of at least 4 members (excludes halogenated alkanes) is 4. The number of imidazole rings is 1. The Bertz CT molecular complexity index is 777. The molecule has 0 aliphatic rings. The van der Waals surface area contributed by atoms with E-state index in [0.29, 0.717) is 0 Å². The molecule has 126 valence electrons. The Labute approximate surface area is 144 Å². The standard InChI is InChI=1S/C20H26N4/c1-3-4-5-6-7-11-22-20-19(17-8-12-21-13-9-17)23-18-15-16(2)10-14-24(18)20/h8-10,12-15,22H,3-7,11H2,1-2H3. The largest absolute Gasteiger partial charge is 0.369 e. The highest BCUT2D eigenvalue weighted by atomic mass is 15.1. The van der Waals surface area contributed by atoms with Crippen molar-refractivity contribution in [2.24, 2.45) is 0 Å². The Morgan fingerprint density at radius 2 is 1.83 bits per heavy atom. The van der Waals surface area contributed by atoms with E-state index >= 15 is 0 Å². The summed E-state index contributed by atoms with van der Waals surface area (Å²) in [6.45, 7) is 5.32. The molecule has 0 unspecified atom stereocenters. The van der Waals surface area contributed by atoms with E-state index < -0.39 is 0 Å². The smallest absolute Gasteiger partial charge is 0.139 e. The van der Waals surface area contributed by atoms with Crippen LogP contribution in [0.5, 0.6) is 0 Å². The number of anilines is 1. The number of pyridine rings is 2. The van der Waals surface area contributed by atoms with Crippen LogP contribution < -0.4 is 5.32 Å². The van der Waals surface area contributed by atoms with E-state index in [1.807, 2.05) is 24.5 Å². The summed E-state index contributed by atoms with van der Waals surface area (Å²) in [5.41, 5.74) is 4.30. The van der Waals surface area contributed by atoms with E-state index in [-0.39, 0.29) is 0 Å². The second-order valence-corrected chi connectivity index (χ2v) is 6.32. The van der Waals surface area contributed by atoms with Crippen molar-refractivity contribution in [3.8, 4) is 11.3 Å².